The maximum Gasteiger partial charge on any atom is 0.142 e. The quantitative estimate of drug-likeness (QED) is 0.629. The van der Waals surface area contributed by atoms with Gasteiger partial charge in [0.25, 0.3) is 0 Å². The molecule has 0 aliphatic carbocycles. The summed E-state index contributed by atoms with van der Waals surface area (Å²) in [6.45, 7) is 4.22. The molecular weight excluding hydrogens is 292 g/mol. The van der Waals surface area contributed by atoms with E-state index in [2.05, 4.69) is 11.0 Å². The zero-order valence-corrected chi connectivity index (χ0v) is 13.1. The van der Waals surface area contributed by atoms with Gasteiger partial charge in [0.1, 0.15) is 24.7 Å². The van der Waals surface area contributed by atoms with Crippen LogP contribution in [0.4, 0.5) is 11.4 Å². The van der Waals surface area contributed by atoms with Crippen molar-refractivity contribution in [1.29, 1.82) is 0 Å². The average Bonchev–Trinajstić information content (AvgIpc) is 2.59. The summed E-state index contributed by atoms with van der Waals surface area (Å²) in [4.78, 5) is 2.29. The molecule has 2 aromatic carbocycles. The van der Waals surface area contributed by atoms with Gasteiger partial charge in [0, 0.05) is 12.2 Å². The molecule has 0 bridgehead atoms. The van der Waals surface area contributed by atoms with Crippen LogP contribution in [0.5, 0.6) is 11.5 Å². The number of nitrogens with two attached hydrogens (primary N) is 1. The Hall–Kier alpha value is -2.40. The standard InChI is InChI=1S/C18H22N2O3/c19-15-5-7-16(8-6-15)22-14-13-21-11-9-20-10-12-23-18-4-2-1-3-17(18)20/h1-8H,9-14,19H2. The molecule has 1 aliphatic heterocycles. The number of fused-ring (bicyclic) bond motifs is 1. The molecule has 0 saturated heterocycles. The second kappa shape index (κ2) is 7.74. The molecule has 0 spiro atoms. The van der Waals surface area contributed by atoms with Gasteiger partial charge in [-0.25, -0.2) is 0 Å². The van der Waals surface area contributed by atoms with Crippen LogP contribution in [0, 0.1) is 0 Å². The highest BCUT2D eigenvalue weighted by molar-refractivity contribution is 5.59. The third-order valence-corrected chi connectivity index (χ3v) is 3.71. The normalized spacial score (nSPS) is 13.3. The molecular formula is C18H22N2O3. The molecule has 0 unspecified atom stereocenters. The number of hydrogen-bond acceptors (Lipinski definition) is 5. The lowest BCUT2D eigenvalue weighted by atomic mass is 10.2. The number of rotatable bonds is 7. The van der Waals surface area contributed by atoms with E-state index in [0.717, 1.165) is 42.6 Å². The van der Waals surface area contributed by atoms with Gasteiger partial charge in [0.15, 0.2) is 0 Å². The molecule has 122 valence electrons. The Morgan fingerprint density at radius 2 is 1.83 bits per heavy atom. The first-order valence-corrected chi connectivity index (χ1v) is 7.86. The highest BCUT2D eigenvalue weighted by atomic mass is 16.5. The van der Waals surface area contributed by atoms with Crippen molar-refractivity contribution in [3.63, 3.8) is 0 Å². The van der Waals surface area contributed by atoms with E-state index < -0.39 is 0 Å². The molecule has 0 fully saturated rings. The fourth-order valence-corrected chi connectivity index (χ4v) is 2.52. The van der Waals surface area contributed by atoms with Crippen molar-refractivity contribution in [1.82, 2.24) is 0 Å². The fourth-order valence-electron chi connectivity index (χ4n) is 2.52. The Bertz CT molecular complexity index is 616. The summed E-state index contributed by atoms with van der Waals surface area (Å²) >= 11 is 0. The Labute approximate surface area is 136 Å². The maximum absolute atomic E-state index is 5.66. The van der Waals surface area contributed by atoms with E-state index in [9.17, 15) is 0 Å². The van der Waals surface area contributed by atoms with Crippen LogP contribution in [0.1, 0.15) is 0 Å². The summed E-state index contributed by atoms with van der Waals surface area (Å²) in [5, 5.41) is 0. The molecule has 5 nitrogen and oxygen atoms in total. The van der Waals surface area contributed by atoms with Crippen molar-refractivity contribution in [3.05, 3.63) is 48.5 Å². The van der Waals surface area contributed by atoms with Gasteiger partial charge in [0.2, 0.25) is 0 Å². The maximum atomic E-state index is 5.66. The van der Waals surface area contributed by atoms with Crippen LogP contribution in [0.2, 0.25) is 0 Å². The van der Waals surface area contributed by atoms with Crippen molar-refractivity contribution in [2.24, 2.45) is 0 Å². The summed E-state index contributed by atoms with van der Waals surface area (Å²) in [7, 11) is 0. The Kier molecular flexibility index (Phi) is 5.21. The highest BCUT2D eigenvalue weighted by Gasteiger charge is 2.16. The lowest BCUT2D eigenvalue weighted by Crippen LogP contribution is -2.35. The number of ether oxygens (including phenoxy) is 3. The minimum atomic E-state index is 0.531. The van der Waals surface area contributed by atoms with Gasteiger partial charge >= 0.3 is 0 Å². The molecule has 3 rings (SSSR count). The van der Waals surface area contributed by atoms with E-state index >= 15 is 0 Å². The second-order valence-corrected chi connectivity index (χ2v) is 5.33. The van der Waals surface area contributed by atoms with E-state index in [1.54, 1.807) is 0 Å². The second-order valence-electron chi connectivity index (χ2n) is 5.33. The zero-order valence-electron chi connectivity index (χ0n) is 13.1. The molecule has 2 N–H and O–H groups in total. The van der Waals surface area contributed by atoms with E-state index in [1.165, 1.54) is 0 Å². The van der Waals surface area contributed by atoms with Gasteiger partial charge in [-0.1, -0.05) is 12.1 Å². The van der Waals surface area contributed by atoms with Crippen LogP contribution < -0.4 is 20.1 Å². The van der Waals surface area contributed by atoms with Gasteiger partial charge < -0.3 is 24.8 Å². The molecule has 0 radical (unpaired) electrons. The van der Waals surface area contributed by atoms with Crippen LogP contribution in [-0.2, 0) is 4.74 Å². The Balaban J connectivity index is 1.35. The van der Waals surface area contributed by atoms with Crippen LogP contribution in [0.25, 0.3) is 0 Å². The third kappa shape index (κ3) is 4.29. The molecule has 1 aliphatic rings. The molecule has 0 atom stereocenters. The fraction of sp³-hybridized carbons (Fsp3) is 0.333. The van der Waals surface area contributed by atoms with Crippen LogP contribution in [0.15, 0.2) is 48.5 Å². The molecule has 23 heavy (non-hydrogen) atoms. The van der Waals surface area contributed by atoms with Crippen molar-refractivity contribution < 1.29 is 14.2 Å². The molecule has 5 heteroatoms. The number of benzene rings is 2. The van der Waals surface area contributed by atoms with Crippen molar-refractivity contribution >= 4 is 11.4 Å². The van der Waals surface area contributed by atoms with Crippen molar-refractivity contribution in [2.75, 3.05) is 50.2 Å². The topological polar surface area (TPSA) is 57.0 Å². The molecule has 0 saturated carbocycles. The van der Waals surface area contributed by atoms with Gasteiger partial charge in [-0.15, -0.1) is 0 Å². The summed E-state index contributed by atoms with van der Waals surface area (Å²) < 4.78 is 16.9. The van der Waals surface area contributed by atoms with E-state index in [0.29, 0.717) is 19.8 Å². The van der Waals surface area contributed by atoms with E-state index in [-0.39, 0.29) is 0 Å². The summed E-state index contributed by atoms with van der Waals surface area (Å²) in [6, 6.07) is 15.5. The molecule has 0 amide bonds. The summed E-state index contributed by atoms with van der Waals surface area (Å²) in [6.07, 6.45) is 0. The lowest BCUT2D eigenvalue weighted by Gasteiger charge is -2.31. The smallest absolute Gasteiger partial charge is 0.142 e. The zero-order chi connectivity index (χ0) is 15.9. The number of nitrogen functional groups attached to an aromatic ring is 1. The first kappa shape index (κ1) is 15.5. The predicted octanol–water partition coefficient (Wildman–Crippen LogP) is 2.56. The van der Waals surface area contributed by atoms with Crippen LogP contribution in [-0.4, -0.2) is 39.5 Å². The number of anilines is 2. The first-order chi connectivity index (χ1) is 11.3. The highest BCUT2D eigenvalue weighted by Crippen LogP contribution is 2.30. The van der Waals surface area contributed by atoms with Crippen molar-refractivity contribution in [3.8, 4) is 11.5 Å². The van der Waals surface area contributed by atoms with E-state index in [1.807, 2.05) is 42.5 Å². The van der Waals surface area contributed by atoms with Gasteiger partial charge in [-0.05, 0) is 36.4 Å². The van der Waals surface area contributed by atoms with Gasteiger partial charge in [0.05, 0.1) is 25.4 Å². The first-order valence-electron chi connectivity index (χ1n) is 7.86. The Morgan fingerprint density at radius 3 is 2.70 bits per heavy atom. The molecule has 1 heterocycles. The number of para-hydroxylation sites is 2. The average molecular weight is 314 g/mol. The SMILES string of the molecule is Nc1ccc(OCCOCCN2CCOc3ccccc32)cc1. The van der Waals surface area contributed by atoms with Gasteiger partial charge in [-0.2, -0.15) is 0 Å². The number of hydrogen-bond donors (Lipinski definition) is 1. The minimum absolute atomic E-state index is 0.531. The monoisotopic (exact) mass is 314 g/mol. The largest absolute Gasteiger partial charge is 0.491 e. The van der Waals surface area contributed by atoms with Crippen molar-refractivity contribution in [2.45, 2.75) is 0 Å². The predicted molar refractivity (Wildman–Crippen MR) is 91.3 cm³/mol. The lowest BCUT2D eigenvalue weighted by molar-refractivity contribution is 0.104. The number of nitrogens with zero attached hydrogens (tertiary/aromatic N) is 1. The molecule has 0 aromatic heterocycles. The Morgan fingerprint density at radius 1 is 1.00 bits per heavy atom. The molecule has 2 aromatic rings. The minimum Gasteiger partial charge on any atom is -0.491 e. The summed E-state index contributed by atoms with van der Waals surface area (Å²) in [5.74, 6) is 1.76. The van der Waals surface area contributed by atoms with Gasteiger partial charge in [-0.3, -0.25) is 0 Å². The van der Waals surface area contributed by atoms with Crippen LogP contribution >= 0.6 is 0 Å². The summed E-state index contributed by atoms with van der Waals surface area (Å²) in [5.41, 5.74) is 7.51. The van der Waals surface area contributed by atoms with Crippen LogP contribution in [0.3, 0.4) is 0 Å². The third-order valence-electron chi connectivity index (χ3n) is 3.71. The van der Waals surface area contributed by atoms with E-state index in [4.69, 9.17) is 19.9 Å².